The minimum atomic E-state index is -4.46. The molecule has 21 heteroatoms. The summed E-state index contributed by atoms with van der Waals surface area (Å²) in [6.45, 7) is -0.701. The van der Waals surface area contributed by atoms with Crippen LogP contribution in [-0.4, -0.2) is 91.2 Å². The van der Waals surface area contributed by atoms with Gasteiger partial charge in [0.25, 0.3) is 15.9 Å². The highest BCUT2D eigenvalue weighted by molar-refractivity contribution is 7.90. The van der Waals surface area contributed by atoms with Crippen molar-refractivity contribution >= 4 is 62.8 Å². The smallest absolute Gasteiger partial charge is 0.341 e. The van der Waals surface area contributed by atoms with E-state index in [-0.39, 0.29) is 34.0 Å². The summed E-state index contributed by atoms with van der Waals surface area (Å²) in [5.41, 5.74) is 4.89. The monoisotopic (exact) mass is 664 g/mol. The van der Waals surface area contributed by atoms with E-state index < -0.39 is 56.4 Å². The van der Waals surface area contributed by atoms with Gasteiger partial charge in [-0.05, 0) is 12.1 Å². The molecule has 3 aromatic rings. The molecule has 232 valence electrons. The minimum absolute atomic E-state index is 0.0913. The summed E-state index contributed by atoms with van der Waals surface area (Å²) in [5, 5.41) is 9.23. The molecule has 0 aliphatic heterocycles. The SMILES string of the molecule is COc1cc(OC)nc(NC(=O)NS(=O)(=O)c2ncccc2C(=O)N(C)C)n1.Nc1c(Cl)c(F)nc(OCC(=O)O)c1Cl. The molecule has 17 nitrogen and oxygen atoms in total. The molecular weight excluding hydrogens is 642 g/mol. The molecule has 0 aliphatic carbocycles. The highest BCUT2D eigenvalue weighted by Gasteiger charge is 2.27. The number of hydrogen-bond donors (Lipinski definition) is 4. The molecule has 0 spiro atoms. The van der Waals surface area contributed by atoms with Crippen LogP contribution in [0.1, 0.15) is 10.4 Å². The first-order valence-electron chi connectivity index (χ1n) is 11.2. The van der Waals surface area contributed by atoms with Crippen molar-refractivity contribution in [3.05, 3.63) is 46.0 Å². The van der Waals surface area contributed by atoms with Gasteiger partial charge in [0.1, 0.15) is 10.0 Å². The molecular formula is C22H23Cl2FN8O9S. The summed E-state index contributed by atoms with van der Waals surface area (Å²) in [5.74, 6) is -3.38. The number of nitrogen functional groups attached to an aromatic ring is 1. The van der Waals surface area contributed by atoms with Crippen LogP contribution in [0, 0.1) is 5.95 Å². The number of pyridine rings is 2. The predicted octanol–water partition coefficient (Wildman–Crippen LogP) is 1.67. The number of ether oxygens (including phenoxy) is 3. The van der Waals surface area contributed by atoms with Crippen LogP contribution in [0.2, 0.25) is 10.0 Å². The topological polar surface area (TPSA) is 238 Å². The highest BCUT2D eigenvalue weighted by atomic mass is 35.5. The van der Waals surface area contributed by atoms with Crippen LogP contribution in [0.3, 0.4) is 0 Å². The number of carbonyl (C=O) groups is 3. The van der Waals surface area contributed by atoms with Crippen molar-refractivity contribution < 1.29 is 46.5 Å². The number of urea groups is 1. The van der Waals surface area contributed by atoms with Gasteiger partial charge in [-0.15, -0.1) is 0 Å². The standard InChI is InChI=1S/C15H18N6O6S.C7H5Cl2FN2O3/c1-21(2)13(22)9-6-5-7-16-12(9)28(24,25)20-15(23)19-14-17-10(26-3)8-11(18-14)27-4;8-3-5(11)4(9)7(12-6(3)10)15-1-2(13)14/h5-8H,1-4H3,(H2,17,18,19,20,23);1H2,(H2,11,12)(H,13,14). The Morgan fingerprint density at radius 1 is 1.09 bits per heavy atom. The van der Waals surface area contributed by atoms with Crippen LogP contribution in [0.15, 0.2) is 29.4 Å². The lowest BCUT2D eigenvalue weighted by molar-refractivity contribution is -0.139. The van der Waals surface area contributed by atoms with Crippen LogP contribution in [0.25, 0.3) is 0 Å². The average Bonchev–Trinajstić information content (AvgIpc) is 2.96. The zero-order chi connectivity index (χ0) is 32.5. The van der Waals surface area contributed by atoms with Crippen LogP contribution < -0.4 is 30.0 Å². The van der Waals surface area contributed by atoms with Gasteiger partial charge in [0.05, 0.1) is 31.5 Å². The molecule has 0 atom stereocenters. The van der Waals surface area contributed by atoms with Crippen molar-refractivity contribution in [2.45, 2.75) is 5.03 Å². The molecule has 5 N–H and O–H groups in total. The lowest BCUT2D eigenvalue weighted by atomic mass is 10.2. The van der Waals surface area contributed by atoms with E-state index in [1.807, 2.05) is 0 Å². The van der Waals surface area contributed by atoms with Gasteiger partial charge in [-0.2, -0.15) is 27.8 Å². The fourth-order valence-electron chi connectivity index (χ4n) is 2.71. The summed E-state index contributed by atoms with van der Waals surface area (Å²) < 4.78 is 54.2. The van der Waals surface area contributed by atoms with Crippen molar-refractivity contribution in [2.24, 2.45) is 0 Å². The van der Waals surface area contributed by atoms with E-state index >= 15 is 0 Å². The Hall–Kier alpha value is -4.75. The maximum Gasteiger partial charge on any atom is 0.341 e. The Morgan fingerprint density at radius 3 is 2.23 bits per heavy atom. The van der Waals surface area contributed by atoms with Gasteiger partial charge < -0.3 is 30.0 Å². The fraction of sp³-hybridized carbons (Fsp3) is 0.227. The Morgan fingerprint density at radius 2 is 1.70 bits per heavy atom. The van der Waals surface area contributed by atoms with Gasteiger partial charge in [0.15, 0.2) is 11.6 Å². The molecule has 0 saturated heterocycles. The van der Waals surface area contributed by atoms with Gasteiger partial charge in [-0.3, -0.25) is 10.1 Å². The Bertz CT molecular complexity index is 1610. The number of methoxy groups -OCH3 is 2. The molecule has 3 heterocycles. The first kappa shape index (κ1) is 34.5. The molecule has 43 heavy (non-hydrogen) atoms. The molecule has 0 aliphatic rings. The van der Waals surface area contributed by atoms with E-state index in [9.17, 15) is 27.2 Å². The maximum atomic E-state index is 12.9. The van der Waals surface area contributed by atoms with Gasteiger partial charge in [0.2, 0.25) is 29.5 Å². The number of carbonyl (C=O) groups excluding carboxylic acids is 2. The number of nitrogens with two attached hydrogens (primary N) is 1. The first-order valence-corrected chi connectivity index (χ1v) is 13.5. The summed E-state index contributed by atoms with van der Waals surface area (Å²) in [7, 11) is 1.15. The van der Waals surface area contributed by atoms with Gasteiger partial charge in [-0.25, -0.2) is 19.3 Å². The number of rotatable bonds is 9. The number of hydrogen-bond acceptors (Lipinski definition) is 13. The normalized spacial score (nSPS) is 10.5. The van der Waals surface area contributed by atoms with Crippen LogP contribution in [0.5, 0.6) is 17.6 Å². The molecule has 0 bridgehead atoms. The summed E-state index contributed by atoms with van der Waals surface area (Å²) in [6, 6.07) is 2.90. The maximum absolute atomic E-state index is 12.9. The molecule has 0 fully saturated rings. The second-order valence-electron chi connectivity index (χ2n) is 7.82. The van der Waals surface area contributed by atoms with Crippen molar-refractivity contribution in [3.63, 3.8) is 0 Å². The molecule has 3 aromatic heterocycles. The Labute approximate surface area is 253 Å². The number of nitrogens with zero attached hydrogens (tertiary/aromatic N) is 5. The van der Waals surface area contributed by atoms with Crippen molar-refractivity contribution in [2.75, 3.05) is 46.0 Å². The third-order valence-corrected chi connectivity index (χ3v) is 6.60. The number of nitrogens with one attached hydrogen (secondary N) is 2. The van der Waals surface area contributed by atoms with E-state index in [0.717, 1.165) is 0 Å². The largest absolute Gasteiger partial charge is 0.481 e. The zero-order valence-corrected chi connectivity index (χ0v) is 24.9. The average molecular weight is 665 g/mol. The van der Waals surface area contributed by atoms with Gasteiger partial charge in [-0.1, -0.05) is 23.2 Å². The Balaban J connectivity index is 0.000000362. The molecule has 0 radical (unpaired) electrons. The molecule has 0 unspecified atom stereocenters. The summed E-state index contributed by atoms with van der Waals surface area (Å²) >= 11 is 11.0. The lowest BCUT2D eigenvalue weighted by Crippen LogP contribution is -2.36. The van der Waals surface area contributed by atoms with E-state index in [1.54, 1.807) is 4.72 Å². The van der Waals surface area contributed by atoms with Crippen LogP contribution in [-0.2, 0) is 14.8 Å². The number of halogens is 3. The molecule has 0 saturated carbocycles. The predicted molar refractivity (Wildman–Crippen MR) is 148 cm³/mol. The number of carboxylic acid groups (broad SMARTS) is 1. The van der Waals surface area contributed by atoms with E-state index in [1.165, 1.54) is 57.6 Å². The number of aromatic nitrogens is 4. The number of amides is 3. The quantitative estimate of drug-likeness (QED) is 0.238. The summed E-state index contributed by atoms with van der Waals surface area (Å²) in [4.78, 5) is 50.3. The van der Waals surface area contributed by atoms with E-state index in [0.29, 0.717) is 0 Å². The van der Waals surface area contributed by atoms with Crippen molar-refractivity contribution in [3.8, 4) is 17.6 Å². The van der Waals surface area contributed by atoms with Gasteiger partial charge in [0, 0.05) is 20.3 Å². The second kappa shape index (κ2) is 14.9. The lowest BCUT2D eigenvalue weighted by Gasteiger charge is -2.14. The highest BCUT2D eigenvalue weighted by Crippen LogP contribution is 2.35. The second-order valence-corrected chi connectivity index (χ2v) is 10.2. The van der Waals surface area contributed by atoms with E-state index in [2.05, 4.69) is 30.0 Å². The molecule has 3 rings (SSSR count). The van der Waals surface area contributed by atoms with Crippen molar-refractivity contribution in [1.82, 2.24) is 29.6 Å². The zero-order valence-electron chi connectivity index (χ0n) is 22.6. The third kappa shape index (κ3) is 9.38. The van der Waals surface area contributed by atoms with Crippen LogP contribution in [0.4, 0.5) is 20.8 Å². The first-order chi connectivity index (χ1) is 20.1. The number of carboxylic acids is 1. The van der Waals surface area contributed by atoms with Crippen LogP contribution >= 0.6 is 23.2 Å². The summed E-state index contributed by atoms with van der Waals surface area (Å²) in [6.07, 6.45) is 1.19. The minimum Gasteiger partial charge on any atom is -0.481 e. The number of anilines is 2. The fourth-order valence-corrected chi connectivity index (χ4v) is 4.12. The van der Waals surface area contributed by atoms with Crippen molar-refractivity contribution in [1.29, 1.82) is 0 Å². The number of sulfonamides is 1. The molecule has 0 aromatic carbocycles. The van der Waals surface area contributed by atoms with E-state index in [4.69, 9.17) is 43.5 Å². The Kier molecular flexibility index (Phi) is 12.0. The number of aliphatic carboxylic acids is 1. The molecule has 3 amide bonds. The third-order valence-electron chi connectivity index (χ3n) is 4.59. The van der Waals surface area contributed by atoms with Gasteiger partial charge >= 0.3 is 12.0 Å².